The van der Waals surface area contributed by atoms with Gasteiger partial charge in [-0.2, -0.15) is 4.89 Å². The third kappa shape index (κ3) is 19.6. The van der Waals surface area contributed by atoms with Crippen LogP contribution in [-0.4, -0.2) is 57.1 Å². The summed E-state index contributed by atoms with van der Waals surface area (Å²) < 4.78 is 19.4. The Morgan fingerprint density at radius 3 is 1.58 bits per heavy atom. The SMILES string of the molecule is C=C(C)C(=O)OCCCC(=O)OCCCCOOOOCOC(=O)CCCOC(=O)C(=C)C. The van der Waals surface area contributed by atoms with E-state index in [9.17, 15) is 19.2 Å². The fraction of sp³-hybridized carbons (Fsp3) is 0.619. The first-order valence-electron chi connectivity index (χ1n) is 10.3. The normalized spacial score (nSPS) is 10.2. The lowest BCUT2D eigenvalue weighted by Crippen LogP contribution is -2.12. The van der Waals surface area contributed by atoms with Crippen molar-refractivity contribution in [1.29, 1.82) is 0 Å². The second kappa shape index (κ2) is 19.9. The van der Waals surface area contributed by atoms with Crippen LogP contribution in [-0.2, 0) is 58.0 Å². The van der Waals surface area contributed by atoms with Gasteiger partial charge in [-0.25, -0.2) is 14.5 Å². The van der Waals surface area contributed by atoms with E-state index in [2.05, 4.69) is 37.7 Å². The quantitative estimate of drug-likeness (QED) is 0.0484. The van der Waals surface area contributed by atoms with E-state index in [-0.39, 0.29) is 44.8 Å². The van der Waals surface area contributed by atoms with Gasteiger partial charge in [-0.3, -0.25) is 9.59 Å². The van der Waals surface area contributed by atoms with Crippen LogP contribution in [0.1, 0.15) is 52.4 Å². The second-order valence-corrected chi connectivity index (χ2v) is 6.68. The molecule has 188 valence electrons. The highest BCUT2D eigenvalue weighted by Gasteiger charge is 2.07. The summed E-state index contributed by atoms with van der Waals surface area (Å²) in [7, 11) is 0. The Labute approximate surface area is 192 Å². The zero-order valence-electron chi connectivity index (χ0n) is 19.1. The Balaban J connectivity index is 3.37. The molecule has 0 unspecified atom stereocenters. The minimum Gasteiger partial charge on any atom is -0.466 e. The van der Waals surface area contributed by atoms with Crippen molar-refractivity contribution in [3.8, 4) is 0 Å². The molecule has 0 aliphatic heterocycles. The van der Waals surface area contributed by atoms with E-state index in [0.717, 1.165) is 0 Å². The second-order valence-electron chi connectivity index (χ2n) is 6.68. The fourth-order valence-electron chi connectivity index (χ4n) is 1.79. The van der Waals surface area contributed by atoms with Crippen molar-refractivity contribution in [2.45, 2.75) is 52.4 Å². The molecule has 0 fully saturated rings. The predicted octanol–water partition coefficient (Wildman–Crippen LogP) is 2.42. The van der Waals surface area contributed by atoms with E-state index in [1.807, 2.05) is 0 Å². The Morgan fingerprint density at radius 2 is 1.03 bits per heavy atom. The molecule has 0 heterocycles. The van der Waals surface area contributed by atoms with Crippen molar-refractivity contribution in [1.82, 2.24) is 0 Å². The molecule has 0 aromatic carbocycles. The summed E-state index contributed by atoms with van der Waals surface area (Å²) >= 11 is 0. The van der Waals surface area contributed by atoms with Gasteiger partial charge in [0.2, 0.25) is 6.79 Å². The zero-order valence-corrected chi connectivity index (χ0v) is 19.1. The van der Waals surface area contributed by atoms with Gasteiger partial charge in [-0.05, 0) is 49.6 Å². The third-order valence-electron chi connectivity index (χ3n) is 3.49. The van der Waals surface area contributed by atoms with Gasteiger partial charge in [-0.15, -0.1) is 0 Å². The molecule has 12 nitrogen and oxygen atoms in total. The lowest BCUT2D eigenvalue weighted by atomic mass is 10.3. The summed E-state index contributed by atoms with van der Waals surface area (Å²) in [6.45, 7) is 9.97. The zero-order chi connectivity index (χ0) is 24.9. The average Bonchev–Trinajstić information content (AvgIpc) is 2.77. The smallest absolute Gasteiger partial charge is 0.333 e. The van der Waals surface area contributed by atoms with E-state index >= 15 is 0 Å². The lowest BCUT2D eigenvalue weighted by molar-refractivity contribution is -0.640. The van der Waals surface area contributed by atoms with Crippen LogP contribution in [0.2, 0.25) is 0 Å². The van der Waals surface area contributed by atoms with Crippen LogP contribution in [0.25, 0.3) is 0 Å². The highest BCUT2D eigenvalue weighted by molar-refractivity contribution is 5.87. The van der Waals surface area contributed by atoms with Crippen molar-refractivity contribution in [3.05, 3.63) is 24.3 Å². The Morgan fingerprint density at radius 1 is 0.576 bits per heavy atom. The molecule has 0 aromatic rings. The number of unbranched alkanes of at least 4 members (excludes halogenated alkanes) is 1. The molecule has 0 spiro atoms. The first kappa shape index (κ1) is 30.2. The van der Waals surface area contributed by atoms with Crippen LogP contribution < -0.4 is 0 Å². The fourth-order valence-corrected chi connectivity index (χ4v) is 1.79. The van der Waals surface area contributed by atoms with Gasteiger partial charge in [0.25, 0.3) is 0 Å². The molecule has 0 aromatic heterocycles. The minimum atomic E-state index is -0.576. The molecule has 0 rings (SSSR count). The summed E-state index contributed by atoms with van der Waals surface area (Å²) in [4.78, 5) is 54.2. The summed E-state index contributed by atoms with van der Waals surface area (Å²) in [6.07, 6.45) is 1.86. The Kier molecular flexibility index (Phi) is 18.2. The number of hydrogen-bond donors (Lipinski definition) is 0. The van der Waals surface area contributed by atoms with Gasteiger partial charge in [0.05, 0.1) is 26.4 Å². The maximum atomic E-state index is 11.5. The number of carbonyl (C=O) groups is 4. The third-order valence-corrected chi connectivity index (χ3v) is 3.49. The molecule has 0 aliphatic rings. The Hall–Kier alpha value is -2.80. The van der Waals surface area contributed by atoms with E-state index in [4.69, 9.17) is 14.2 Å². The van der Waals surface area contributed by atoms with Crippen molar-refractivity contribution in [2.75, 3.05) is 33.2 Å². The van der Waals surface area contributed by atoms with Crippen molar-refractivity contribution >= 4 is 23.9 Å². The first-order chi connectivity index (χ1) is 15.7. The summed E-state index contributed by atoms with van der Waals surface area (Å²) in [5.41, 5.74) is 0.581. The van der Waals surface area contributed by atoms with Crippen molar-refractivity contribution in [3.63, 3.8) is 0 Å². The van der Waals surface area contributed by atoms with Crippen LogP contribution in [0.15, 0.2) is 24.3 Å². The largest absolute Gasteiger partial charge is 0.466 e. The highest BCUT2D eigenvalue weighted by Crippen LogP contribution is 2.00. The van der Waals surface area contributed by atoms with Crippen LogP contribution in [0, 0.1) is 0 Å². The monoisotopic (exact) mass is 476 g/mol. The van der Waals surface area contributed by atoms with Gasteiger partial charge in [0.1, 0.15) is 0 Å². The van der Waals surface area contributed by atoms with E-state index < -0.39 is 30.7 Å². The molecule has 0 radical (unpaired) electrons. The number of carbonyl (C=O) groups excluding carboxylic acids is 4. The molecular weight excluding hydrogens is 444 g/mol. The van der Waals surface area contributed by atoms with Crippen molar-refractivity contribution in [2.24, 2.45) is 0 Å². The minimum absolute atomic E-state index is 0.0250. The number of ether oxygens (including phenoxy) is 4. The maximum absolute atomic E-state index is 11.5. The van der Waals surface area contributed by atoms with Crippen LogP contribution in [0.3, 0.4) is 0 Å². The molecule has 0 bridgehead atoms. The van der Waals surface area contributed by atoms with Gasteiger partial charge in [0.15, 0.2) is 0 Å². The molecule has 0 aliphatic carbocycles. The molecule has 0 atom stereocenters. The van der Waals surface area contributed by atoms with Crippen LogP contribution in [0.5, 0.6) is 0 Å². The van der Waals surface area contributed by atoms with E-state index in [1.165, 1.54) is 6.92 Å². The molecule has 0 saturated carbocycles. The van der Waals surface area contributed by atoms with Gasteiger partial charge in [0, 0.05) is 24.0 Å². The molecule has 12 heteroatoms. The number of esters is 4. The Bertz CT molecular complexity index is 589. The topological polar surface area (TPSA) is 142 Å². The molecule has 0 saturated heterocycles. The molecule has 33 heavy (non-hydrogen) atoms. The van der Waals surface area contributed by atoms with Gasteiger partial charge >= 0.3 is 23.9 Å². The standard InChI is InChI=1S/C21H32O12/c1-16(2)20(24)27-12-7-9-18(22)26-11-5-6-14-30-32-33-31-15-29-19(23)10-8-13-28-21(25)17(3)4/h1,3,5-15H2,2,4H3. The molecule has 0 N–H and O–H groups in total. The van der Waals surface area contributed by atoms with Crippen LogP contribution >= 0.6 is 0 Å². The lowest BCUT2D eigenvalue weighted by Gasteiger charge is -2.06. The number of rotatable bonds is 20. The maximum Gasteiger partial charge on any atom is 0.333 e. The van der Waals surface area contributed by atoms with Crippen molar-refractivity contribution < 1.29 is 58.0 Å². The summed E-state index contributed by atoms with van der Waals surface area (Å²) in [5.74, 6) is -1.98. The molecule has 0 amide bonds. The van der Waals surface area contributed by atoms with Crippen LogP contribution in [0.4, 0.5) is 0 Å². The van der Waals surface area contributed by atoms with E-state index in [1.54, 1.807) is 6.92 Å². The van der Waals surface area contributed by atoms with E-state index in [0.29, 0.717) is 31.3 Å². The first-order valence-corrected chi connectivity index (χ1v) is 10.3. The number of hydrogen-bond acceptors (Lipinski definition) is 12. The predicted molar refractivity (Wildman–Crippen MR) is 110 cm³/mol. The van der Waals surface area contributed by atoms with Gasteiger partial charge < -0.3 is 18.9 Å². The highest BCUT2D eigenvalue weighted by atomic mass is 17.7. The molecular formula is C21H32O12. The van der Waals surface area contributed by atoms with Gasteiger partial charge in [-0.1, -0.05) is 13.2 Å². The summed E-state index contributed by atoms with van der Waals surface area (Å²) in [6, 6.07) is 0. The summed E-state index contributed by atoms with van der Waals surface area (Å²) in [5, 5.41) is 8.45. The average molecular weight is 476 g/mol.